The van der Waals surface area contributed by atoms with Gasteiger partial charge in [0.25, 0.3) is 0 Å². The van der Waals surface area contributed by atoms with E-state index in [0.717, 1.165) is 22.6 Å². The Hall–Kier alpha value is -2.63. The maximum Gasteiger partial charge on any atom is 0.310 e. The molecule has 0 spiro atoms. The Kier molecular flexibility index (Phi) is 5.07. The number of rotatable bonds is 6. The van der Waals surface area contributed by atoms with E-state index in [-0.39, 0.29) is 18.9 Å². The van der Waals surface area contributed by atoms with Gasteiger partial charge < -0.3 is 10.4 Å². The third-order valence-electron chi connectivity index (χ3n) is 4.09. The molecule has 6 heteroatoms. The quantitative estimate of drug-likeness (QED) is 0.851. The maximum atomic E-state index is 12.2. The summed E-state index contributed by atoms with van der Waals surface area (Å²) in [5, 5.41) is 16.3. The summed E-state index contributed by atoms with van der Waals surface area (Å²) in [7, 11) is 0. The Morgan fingerprint density at radius 2 is 1.83 bits per heavy atom. The number of carboxylic acids is 1. The van der Waals surface area contributed by atoms with Gasteiger partial charge in [0.05, 0.1) is 23.2 Å². The van der Waals surface area contributed by atoms with Crippen molar-refractivity contribution >= 4 is 11.9 Å². The number of aromatic nitrogens is 2. The summed E-state index contributed by atoms with van der Waals surface area (Å²) in [4.78, 5) is 23.3. The molecule has 2 rings (SSSR count). The molecule has 0 unspecified atom stereocenters. The van der Waals surface area contributed by atoms with Crippen LogP contribution in [0.15, 0.2) is 30.3 Å². The number of carbonyl (C=O) groups excluding carboxylic acids is 1. The van der Waals surface area contributed by atoms with Crippen LogP contribution in [0.1, 0.15) is 30.8 Å². The summed E-state index contributed by atoms with van der Waals surface area (Å²) in [5.41, 5.74) is 2.52. The predicted octanol–water partition coefficient (Wildman–Crippen LogP) is 2.26. The molecule has 0 radical (unpaired) electrons. The van der Waals surface area contributed by atoms with Gasteiger partial charge in [0, 0.05) is 17.8 Å². The number of amides is 1. The van der Waals surface area contributed by atoms with Crippen LogP contribution in [0.2, 0.25) is 0 Å². The van der Waals surface area contributed by atoms with Crippen molar-refractivity contribution in [1.29, 1.82) is 0 Å². The van der Waals surface area contributed by atoms with E-state index in [9.17, 15) is 9.59 Å². The highest BCUT2D eigenvalue weighted by molar-refractivity contribution is 5.80. The normalized spacial score (nSPS) is 11.3. The summed E-state index contributed by atoms with van der Waals surface area (Å²) >= 11 is 0. The molecule has 0 saturated heterocycles. The fraction of sp³-hybridized carbons (Fsp3) is 0.389. The van der Waals surface area contributed by atoms with E-state index in [4.69, 9.17) is 5.11 Å². The zero-order valence-corrected chi connectivity index (χ0v) is 14.5. The summed E-state index contributed by atoms with van der Waals surface area (Å²) < 4.78 is 1.82. The second-order valence-corrected chi connectivity index (χ2v) is 6.54. The zero-order valence-electron chi connectivity index (χ0n) is 14.5. The lowest BCUT2D eigenvalue weighted by atomic mass is 9.94. The Labute approximate surface area is 141 Å². The molecule has 0 aliphatic rings. The average Bonchev–Trinajstić information content (AvgIpc) is 2.82. The number of para-hydroxylation sites is 1. The van der Waals surface area contributed by atoms with E-state index in [0.29, 0.717) is 0 Å². The number of hydrogen-bond acceptors (Lipinski definition) is 3. The van der Waals surface area contributed by atoms with Gasteiger partial charge in [0.1, 0.15) is 0 Å². The van der Waals surface area contributed by atoms with Gasteiger partial charge >= 0.3 is 5.97 Å². The van der Waals surface area contributed by atoms with Crippen LogP contribution in [0.25, 0.3) is 5.69 Å². The average molecular weight is 329 g/mol. The first-order valence-corrected chi connectivity index (χ1v) is 7.83. The van der Waals surface area contributed by atoms with Crippen molar-refractivity contribution in [1.82, 2.24) is 15.1 Å². The minimum absolute atomic E-state index is 0.0894. The van der Waals surface area contributed by atoms with E-state index in [1.807, 2.05) is 48.9 Å². The Balaban J connectivity index is 2.12. The second kappa shape index (κ2) is 6.86. The van der Waals surface area contributed by atoms with Gasteiger partial charge in [-0.25, -0.2) is 4.68 Å². The fourth-order valence-electron chi connectivity index (χ4n) is 2.37. The van der Waals surface area contributed by atoms with Crippen molar-refractivity contribution in [3.05, 3.63) is 47.3 Å². The van der Waals surface area contributed by atoms with Crippen LogP contribution >= 0.6 is 0 Å². The van der Waals surface area contributed by atoms with Crippen LogP contribution in [0, 0.1) is 19.3 Å². The molecule has 0 saturated carbocycles. The first-order chi connectivity index (χ1) is 11.2. The molecule has 128 valence electrons. The number of aryl methyl sites for hydroxylation is 1. The van der Waals surface area contributed by atoms with Crippen LogP contribution in [0.5, 0.6) is 0 Å². The monoisotopic (exact) mass is 329 g/mol. The van der Waals surface area contributed by atoms with Crippen LogP contribution in [-0.2, 0) is 16.0 Å². The summed E-state index contributed by atoms with van der Waals surface area (Å²) in [6, 6.07) is 9.73. The molecule has 1 aromatic heterocycles. The van der Waals surface area contributed by atoms with Crippen molar-refractivity contribution in [3.8, 4) is 5.69 Å². The third-order valence-corrected chi connectivity index (χ3v) is 4.09. The largest absolute Gasteiger partial charge is 0.481 e. The van der Waals surface area contributed by atoms with Crippen LogP contribution in [0.4, 0.5) is 0 Å². The minimum atomic E-state index is -0.992. The molecule has 0 bridgehead atoms. The molecule has 24 heavy (non-hydrogen) atoms. The standard InChI is InChI=1S/C18H23N3O3/c1-12-15(10-16(22)19-11-18(3,4)17(23)24)13(2)21(20-12)14-8-6-5-7-9-14/h5-9H,10-11H2,1-4H3,(H,19,22)(H,23,24). The van der Waals surface area contributed by atoms with Crippen molar-refractivity contribution in [2.75, 3.05) is 6.54 Å². The summed E-state index contributed by atoms with van der Waals surface area (Å²) in [6.45, 7) is 7.05. The molecule has 0 atom stereocenters. The molecule has 1 aromatic carbocycles. The smallest absolute Gasteiger partial charge is 0.310 e. The number of nitrogens with zero attached hydrogens (tertiary/aromatic N) is 2. The summed E-state index contributed by atoms with van der Waals surface area (Å²) in [5.74, 6) is -1.14. The molecule has 6 nitrogen and oxygen atoms in total. The molecule has 0 fully saturated rings. The number of benzene rings is 1. The lowest BCUT2D eigenvalue weighted by Gasteiger charge is -2.19. The highest BCUT2D eigenvalue weighted by Crippen LogP contribution is 2.19. The summed E-state index contributed by atoms with van der Waals surface area (Å²) in [6.07, 6.45) is 0.181. The Morgan fingerprint density at radius 3 is 2.42 bits per heavy atom. The van der Waals surface area contributed by atoms with Gasteiger partial charge in [0.2, 0.25) is 5.91 Å². The number of carbonyl (C=O) groups is 2. The zero-order chi connectivity index (χ0) is 17.9. The first kappa shape index (κ1) is 17.7. The van der Waals surface area contributed by atoms with Crippen molar-refractivity contribution in [2.45, 2.75) is 34.1 Å². The van der Waals surface area contributed by atoms with E-state index in [1.54, 1.807) is 13.8 Å². The van der Waals surface area contributed by atoms with Gasteiger partial charge in [-0.15, -0.1) is 0 Å². The lowest BCUT2D eigenvalue weighted by Crippen LogP contribution is -2.39. The third kappa shape index (κ3) is 3.82. The van der Waals surface area contributed by atoms with Gasteiger partial charge in [-0.2, -0.15) is 5.10 Å². The number of carboxylic acid groups (broad SMARTS) is 1. The number of nitrogens with one attached hydrogen (secondary N) is 1. The van der Waals surface area contributed by atoms with Crippen molar-refractivity contribution in [2.24, 2.45) is 5.41 Å². The van der Waals surface area contributed by atoms with Crippen LogP contribution in [0.3, 0.4) is 0 Å². The van der Waals surface area contributed by atoms with E-state index in [1.165, 1.54) is 0 Å². The maximum absolute atomic E-state index is 12.2. The predicted molar refractivity (Wildman–Crippen MR) is 91.2 cm³/mol. The highest BCUT2D eigenvalue weighted by atomic mass is 16.4. The molecule has 2 N–H and O–H groups in total. The van der Waals surface area contributed by atoms with E-state index in [2.05, 4.69) is 10.4 Å². The molecule has 1 amide bonds. The molecule has 2 aromatic rings. The molecule has 1 heterocycles. The minimum Gasteiger partial charge on any atom is -0.481 e. The van der Waals surface area contributed by atoms with Gasteiger partial charge in [-0.05, 0) is 39.8 Å². The van der Waals surface area contributed by atoms with E-state index >= 15 is 0 Å². The number of hydrogen-bond donors (Lipinski definition) is 2. The van der Waals surface area contributed by atoms with Crippen molar-refractivity contribution in [3.63, 3.8) is 0 Å². The second-order valence-electron chi connectivity index (χ2n) is 6.54. The van der Waals surface area contributed by atoms with Gasteiger partial charge in [-0.3, -0.25) is 9.59 Å². The highest BCUT2D eigenvalue weighted by Gasteiger charge is 2.27. The molecular formula is C18H23N3O3. The number of aliphatic carboxylic acids is 1. The fourth-order valence-corrected chi connectivity index (χ4v) is 2.37. The van der Waals surface area contributed by atoms with Crippen LogP contribution < -0.4 is 5.32 Å². The topological polar surface area (TPSA) is 84.2 Å². The molecular weight excluding hydrogens is 306 g/mol. The molecule has 0 aliphatic heterocycles. The SMILES string of the molecule is Cc1nn(-c2ccccc2)c(C)c1CC(=O)NCC(C)(C)C(=O)O. The van der Waals surface area contributed by atoms with Gasteiger partial charge in [-0.1, -0.05) is 18.2 Å². The van der Waals surface area contributed by atoms with Crippen molar-refractivity contribution < 1.29 is 14.7 Å². The van der Waals surface area contributed by atoms with Crippen LogP contribution in [-0.4, -0.2) is 33.3 Å². The lowest BCUT2D eigenvalue weighted by molar-refractivity contribution is -0.146. The Morgan fingerprint density at radius 1 is 1.21 bits per heavy atom. The first-order valence-electron chi connectivity index (χ1n) is 7.83. The van der Waals surface area contributed by atoms with E-state index < -0.39 is 11.4 Å². The Bertz CT molecular complexity index is 748. The molecule has 0 aliphatic carbocycles. The van der Waals surface area contributed by atoms with Gasteiger partial charge in [0.15, 0.2) is 0 Å².